The van der Waals surface area contributed by atoms with Crippen molar-refractivity contribution in [2.75, 3.05) is 6.54 Å². The predicted octanol–water partition coefficient (Wildman–Crippen LogP) is 2.32. The minimum absolute atomic E-state index is 0.0476. The summed E-state index contributed by atoms with van der Waals surface area (Å²) in [6.45, 7) is 1.51. The van der Waals surface area contributed by atoms with Gasteiger partial charge in [0.1, 0.15) is 0 Å². The van der Waals surface area contributed by atoms with Crippen molar-refractivity contribution >= 4 is 10.0 Å². The highest BCUT2D eigenvalue weighted by molar-refractivity contribution is 7.89. The standard InChI is InChI=1S/C11H12F3NO2S/c1-7-2-3-10-9(4-7)8(5-11(12,13)14)6-15-18(10,16)17/h2-4,8,15H,5-6H2,1H3/t8-/m0/s1. The topological polar surface area (TPSA) is 46.2 Å². The van der Waals surface area contributed by atoms with Gasteiger partial charge >= 0.3 is 6.18 Å². The average Bonchev–Trinajstić information content (AvgIpc) is 2.21. The van der Waals surface area contributed by atoms with E-state index in [0.29, 0.717) is 0 Å². The minimum atomic E-state index is -4.31. The molecule has 0 unspecified atom stereocenters. The molecule has 1 N–H and O–H groups in total. The zero-order chi connectivity index (χ0) is 13.6. The highest BCUT2D eigenvalue weighted by Crippen LogP contribution is 2.36. The Morgan fingerprint density at radius 1 is 1.39 bits per heavy atom. The number of nitrogens with one attached hydrogen (secondary N) is 1. The van der Waals surface area contributed by atoms with Crippen LogP contribution in [0.4, 0.5) is 13.2 Å². The molecule has 0 aromatic heterocycles. The van der Waals surface area contributed by atoms with Crippen molar-refractivity contribution in [3.05, 3.63) is 29.3 Å². The first kappa shape index (κ1) is 13.4. The van der Waals surface area contributed by atoms with Crippen LogP contribution in [-0.4, -0.2) is 21.1 Å². The lowest BCUT2D eigenvalue weighted by molar-refractivity contribution is -0.138. The Hall–Kier alpha value is -1.08. The second-order valence-corrected chi connectivity index (χ2v) is 6.14. The Bertz CT molecular complexity index is 566. The van der Waals surface area contributed by atoms with Crippen molar-refractivity contribution in [1.29, 1.82) is 0 Å². The van der Waals surface area contributed by atoms with E-state index in [0.717, 1.165) is 5.56 Å². The lowest BCUT2D eigenvalue weighted by atomic mass is 9.94. The maximum atomic E-state index is 12.5. The van der Waals surface area contributed by atoms with E-state index in [1.54, 1.807) is 13.0 Å². The molecule has 1 aromatic carbocycles. The molecule has 1 atom stereocenters. The molecule has 0 aliphatic carbocycles. The van der Waals surface area contributed by atoms with Gasteiger partial charge < -0.3 is 0 Å². The summed E-state index contributed by atoms with van der Waals surface area (Å²) in [4.78, 5) is -0.0476. The largest absolute Gasteiger partial charge is 0.389 e. The minimum Gasteiger partial charge on any atom is -0.211 e. The molecule has 2 rings (SSSR count). The van der Waals surface area contributed by atoms with Crippen LogP contribution in [0.2, 0.25) is 0 Å². The molecule has 3 nitrogen and oxygen atoms in total. The number of sulfonamides is 1. The molecule has 1 aliphatic rings. The van der Waals surface area contributed by atoms with Gasteiger partial charge in [0.2, 0.25) is 10.0 Å². The summed E-state index contributed by atoms with van der Waals surface area (Å²) in [6, 6.07) is 4.45. The van der Waals surface area contributed by atoms with E-state index in [4.69, 9.17) is 0 Å². The van der Waals surface area contributed by atoms with E-state index in [-0.39, 0.29) is 17.0 Å². The summed E-state index contributed by atoms with van der Waals surface area (Å²) in [5.74, 6) is -0.858. The van der Waals surface area contributed by atoms with Crippen LogP contribution in [0, 0.1) is 6.92 Å². The normalized spacial score (nSPS) is 22.6. The molecule has 100 valence electrons. The number of benzene rings is 1. The van der Waals surface area contributed by atoms with Gasteiger partial charge in [0.05, 0.1) is 11.3 Å². The van der Waals surface area contributed by atoms with E-state index in [1.807, 2.05) is 0 Å². The molecule has 0 fully saturated rings. The van der Waals surface area contributed by atoms with Crippen LogP contribution in [0.5, 0.6) is 0 Å². The second kappa shape index (κ2) is 4.24. The number of rotatable bonds is 1. The van der Waals surface area contributed by atoms with Crippen molar-refractivity contribution in [3.8, 4) is 0 Å². The fourth-order valence-corrected chi connectivity index (χ4v) is 3.45. The van der Waals surface area contributed by atoms with Gasteiger partial charge in [-0.15, -0.1) is 0 Å². The third-order valence-corrected chi connectivity index (χ3v) is 4.39. The van der Waals surface area contributed by atoms with Gasteiger partial charge in [0, 0.05) is 12.5 Å². The Morgan fingerprint density at radius 3 is 2.67 bits per heavy atom. The SMILES string of the molecule is Cc1ccc2c(c1)[C@@H](CC(F)(F)F)CNS2(=O)=O. The Balaban J connectivity index is 2.48. The fourth-order valence-electron chi connectivity index (χ4n) is 2.09. The maximum Gasteiger partial charge on any atom is 0.389 e. The van der Waals surface area contributed by atoms with Gasteiger partial charge in [-0.25, -0.2) is 13.1 Å². The molecule has 7 heteroatoms. The summed E-state index contributed by atoms with van der Waals surface area (Å²) < 4.78 is 62.9. The van der Waals surface area contributed by atoms with E-state index >= 15 is 0 Å². The lowest BCUT2D eigenvalue weighted by Crippen LogP contribution is -2.36. The average molecular weight is 279 g/mol. The lowest BCUT2D eigenvalue weighted by Gasteiger charge is -2.27. The van der Waals surface area contributed by atoms with Crippen LogP contribution < -0.4 is 4.72 Å². The number of halogens is 3. The molecule has 0 saturated carbocycles. The molecule has 0 amide bonds. The number of aryl methyl sites for hydroxylation is 1. The smallest absolute Gasteiger partial charge is 0.211 e. The van der Waals surface area contributed by atoms with Crippen LogP contribution >= 0.6 is 0 Å². The number of hydrogen-bond donors (Lipinski definition) is 1. The Kier molecular flexibility index (Phi) is 3.14. The second-order valence-electron chi connectivity index (χ2n) is 4.41. The zero-order valence-electron chi connectivity index (χ0n) is 9.58. The van der Waals surface area contributed by atoms with Gasteiger partial charge in [-0.2, -0.15) is 13.2 Å². The van der Waals surface area contributed by atoms with Crippen molar-refractivity contribution in [3.63, 3.8) is 0 Å². The summed E-state index contributed by atoms with van der Waals surface area (Å²) >= 11 is 0. The van der Waals surface area contributed by atoms with E-state index in [9.17, 15) is 21.6 Å². The van der Waals surface area contributed by atoms with Gasteiger partial charge in [-0.1, -0.05) is 17.7 Å². The summed E-state index contributed by atoms with van der Waals surface area (Å²) in [5.41, 5.74) is 1.00. The molecular weight excluding hydrogens is 267 g/mol. The highest BCUT2D eigenvalue weighted by atomic mass is 32.2. The fraction of sp³-hybridized carbons (Fsp3) is 0.455. The first-order valence-corrected chi connectivity index (χ1v) is 6.84. The van der Waals surface area contributed by atoms with Crippen LogP contribution in [0.1, 0.15) is 23.5 Å². The van der Waals surface area contributed by atoms with Crippen LogP contribution in [0.3, 0.4) is 0 Å². The van der Waals surface area contributed by atoms with Crippen LogP contribution in [0.25, 0.3) is 0 Å². The highest BCUT2D eigenvalue weighted by Gasteiger charge is 2.38. The molecule has 1 heterocycles. The number of fused-ring (bicyclic) bond motifs is 1. The van der Waals surface area contributed by atoms with E-state index in [1.165, 1.54) is 12.1 Å². The molecule has 0 spiro atoms. The Labute approximate surface area is 103 Å². The van der Waals surface area contributed by atoms with Crippen molar-refractivity contribution < 1.29 is 21.6 Å². The van der Waals surface area contributed by atoms with Crippen LogP contribution in [0.15, 0.2) is 23.1 Å². The molecular formula is C11H12F3NO2S. The number of hydrogen-bond acceptors (Lipinski definition) is 2. The zero-order valence-corrected chi connectivity index (χ0v) is 10.4. The molecule has 1 aromatic rings. The first-order chi connectivity index (χ1) is 8.19. The third kappa shape index (κ3) is 2.67. The predicted molar refractivity (Wildman–Crippen MR) is 59.8 cm³/mol. The molecule has 0 saturated heterocycles. The molecule has 0 radical (unpaired) electrons. The van der Waals surface area contributed by atoms with Crippen molar-refractivity contribution in [2.24, 2.45) is 0 Å². The van der Waals surface area contributed by atoms with Crippen molar-refractivity contribution in [1.82, 2.24) is 4.72 Å². The molecule has 1 aliphatic heterocycles. The number of alkyl halides is 3. The summed E-state index contributed by atoms with van der Waals surface area (Å²) in [7, 11) is -3.66. The van der Waals surface area contributed by atoms with Gasteiger partial charge in [-0.3, -0.25) is 0 Å². The van der Waals surface area contributed by atoms with Crippen molar-refractivity contribution in [2.45, 2.75) is 30.3 Å². The molecule has 0 bridgehead atoms. The van der Waals surface area contributed by atoms with E-state index < -0.39 is 28.5 Å². The van der Waals surface area contributed by atoms with Gasteiger partial charge in [0.25, 0.3) is 0 Å². The van der Waals surface area contributed by atoms with E-state index in [2.05, 4.69) is 4.72 Å². The van der Waals surface area contributed by atoms with Gasteiger partial charge in [-0.05, 0) is 18.6 Å². The first-order valence-electron chi connectivity index (χ1n) is 5.36. The summed E-state index contributed by atoms with van der Waals surface area (Å²) in [5, 5.41) is 0. The monoisotopic (exact) mass is 279 g/mol. The maximum absolute atomic E-state index is 12.5. The van der Waals surface area contributed by atoms with Gasteiger partial charge in [0.15, 0.2) is 0 Å². The van der Waals surface area contributed by atoms with Crippen LogP contribution in [-0.2, 0) is 10.0 Å². The summed E-state index contributed by atoms with van der Waals surface area (Å²) in [6.07, 6.45) is -5.33. The Morgan fingerprint density at radius 2 is 2.06 bits per heavy atom. The molecule has 18 heavy (non-hydrogen) atoms. The quantitative estimate of drug-likeness (QED) is 0.857. The third-order valence-electron chi connectivity index (χ3n) is 2.89.